The van der Waals surface area contributed by atoms with Crippen molar-refractivity contribution in [3.05, 3.63) is 54.6 Å². The first-order chi connectivity index (χ1) is 8.36. The van der Waals surface area contributed by atoms with E-state index in [1.54, 1.807) is 12.2 Å². The number of ether oxygens (including phenoxy) is 1. The number of hydrogen-bond acceptors (Lipinski definition) is 3. The molecule has 3 heteroatoms. The molecule has 0 amide bonds. The minimum atomic E-state index is 0.457. The monoisotopic (exact) mass is 231 g/mol. The van der Waals surface area contributed by atoms with Crippen molar-refractivity contribution in [2.75, 3.05) is 13.7 Å². The summed E-state index contributed by atoms with van der Waals surface area (Å²) in [6, 6.07) is 9.94. The second-order valence-corrected chi connectivity index (χ2v) is 3.28. The molecule has 0 aromatic heterocycles. The van der Waals surface area contributed by atoms with Crippen molar-refractivity contribution in [1.82, 2.24) is 0 Å². The predicted molar refractivity (Wildman–Crippen MR) is 70.7 cm³/mol. The van der Waals surface area contributed by atoms with Gasteiger partial charge in [0.05, 0.1) is 6.61 Å². The van der Waals surface area contributed by atoms with Crippen LogP contribution in [0.5, 0.6) is 0 Å². The molecule has 0 aliphatic carbocycles. The average molecular weight is 231 g/mol. The van der Waals surface area contributed by atoms with E-state index in [2.05, 4.69) is 11.7 Å². The highest BCUT2D eigenvalue weighted by atomic mass is 16.6. The van der Waals surface area contributed by atoms with E-state index >= 15 is 0 Å². The molecule has 1 aromatic rings. The van der Waals surface area contributed by atoms with Crippen molar-refractivity contribution in [2.45, 2.75) is 6.42 Å². The van der Waals surface area contributed by atoms with Gasteiger partial charge in [-0.25, -0.2) is 0 Å². The van der Waals surface area contributed by atoms with E-state index in [9.17, 15) is 0 Å². The lowest BCUT2D eigenvalue weighted by Gasteiger charge is -2.02. The third kappa shape index (κ3) is 5.56. The van der Waals surface area contributed by atoms with E-state index in [-0.39, 0.29) is 0 Å². The summed E-state index contributed by atoms with van der Waals surface area (Å²) in [5, 5.41) is 3.78. The molecule has 0 heterocycles. The highest BCUT2D eigenvalue weighted by Gasteiger charge is 1.95. The van der Waals surface area contributed by atoms with Crippen LogP contribution in [0.4, 0.5) is 0 Å². The van der Waals surface area contributed by atoms with E-state index in [0.717, 1.165) is 12.0 Å². The number of rotatable bonds is 6. The Labute approximate surface area is 102 Å². The predicted octanol–water partition coefficient (Wildman–Crippen LogP) is 3.25. The van der Waals surface area contributed by atoms with Gasteiger partial charge in [-0.15, -0.1) is 6.58 Å². The Morgan fingerprint density at radius 3 is 2.76 bits per heavy atom. The Bertz CT molecular complexity index is 382. The van der Waals surface area contributed by atoms with Crippen molar-refractivity contribution in [3.8, 4) is 0 Å². The third-order valence-electron chi connectivity index (χ3n) is 1.97. The fraction of sp³-hybridized carbons (Fsp3) is 0.214. The zero-order chi connectivity index (χ0) is 12.3. The molecule has 0 aliphatic heterocycles. The van der Waals surface area contributed by atoms with E-state index in [1.807, 2.05) is 36.4 Å². The Kier molecular flexibility index (Phi) is 6.26. The first-order valence-electron chi connectivity index (χ1n) is 5.45. The van der Waals surface area contributed by atoms with Gasteiger partial charge in [0, 0.05) is 6.08 Å². The summed E-state index contributed by atoms with van der Waals surface area (Å²) in [6.07, 6.45) is 6.28. The Morgan fingerprint density at radius 1 is 1.35 bits per heavy atom. The smallest absolute Gasteiger partial charge is 0.250 e. The van der Waals surface area contributed by atoms with Crippen molar-refractivity contribution in [1.29, 1.82) is 0 Å². The molecule has 90 valence electrons. The molecule has 0 unspecified atom stereocenters. The number of hydrogen-bond donors (Lipinski definition) is 0. The number of benzene rings is 1. The maximum atomic E-state index is 5.41. The van der Waals surface area contributed by atoms with Crippen molar-refractivity contribution < 1.29 is 9.57 Å². The van der Waals surface area contributed by atoms with Gasteiger partial charge >= 0.3 is 0 Å². The van der Waals surface area contributed by atoms with Gasteiger partial charge in [-0.1, -0.05) is 36.4 Å². The van der Waals surface area contributed by atoms with Crippen molar-refractivity contribution >= 4 is 12.0 Å². The Balaban J connectivity index is 2.57. The van der Waals surface area contributed by atoms with Crippen molar-refractivity contribution in [3.63, 3.8) is 0 Å². The summed E-state index contributed by atoms with van der Waals surface area (Å²) >= 11 is 0. The van der Waals surface area contributed by atoms with Crippen LogP contribution in [-0.2, 0) is 9.57 Å². The van der Waals surface area contributed by atoms with Crippen LogP contribution in [0.25, 0.3) is 6.08 Å². The molecule has 0 spiro atoms. The van der Waals surface area contributed by atoms with Gasteiger partial charge in [-0.05, 0) is 23.2 Å². The molecular formula is C14H17NO2. The summed E-state index contributed by atoms with van der Waals surface area (Å²) in [4.78, 5) is 4.71. The highest BCUT2D eigenvalue weighted by molar-refractivity contribution is 5.91. The van der Waals surface area contributed by atoms with Crippen LogP contribution in [0.1, 0.15) is 12.0 Å². The number of nitrogens with zero attached hydrogens (tertiary/aromatic N) is 1. The molecule has 17 heavy (non-hydrogen) atoms. The summed E-state index contributed by atoms with van der Waals surface area (Å²) in [5.41, 5.74) is 1.09. The van der Waals surface area contributed by atoms with E-state index in [4.69, 9.17) is 9.57 Å². The first-order valence-corrected chi connectivity index (χ1v) is 5.45. The third-order valence-corrected chi connectivity index (χ3v) is 1.97. The maximum absolute atomic E-state index is 5.41. The summed E-state index contributed by atoms with van der Waals surface area (Å²) < 4.78 is 5.41. The number of oxime groups is 1. The standard InChI is InChI=1S/C14H17NO2/c1-3-4-12-17-14(15-16-2)11-10-13-8-6-5-7-9-13/h3,5-11H,1,4,12H2,2H3/b11-10+,15-14-. The maximum Gasteiger partial charge on any atom is 0.250 e. The molecule has 0 saturated carbocycles. The summed E-state index contributed by atoms with van der Waals surface area (Å²) in [6.45, 7) is 4.17. The molecule has 0 fully saturated rings. The van der Waals surface area contributed by atoms with Gasteiger partial charge in [0.2, 0.25) is 5.90 Å². The molecule has 0 aliphatic rings. The van der Waals surface area contributed by atoms with Gasteiger partial charge in [-0.2, -0.15) is 0 Å². The molecule has 0 atom stereocenters. The molecule has 0 bridgehead atoms. The van der Waals surface area contributed by atoms with E-state index in [0.29, 0.717) is 12.5 Å². The van der Waals surface area contributed by atoms with Crippen LogP contribution in [0, 0.1) is 0 Å². The van der Waals surface area contributed by atoms with Crippen LogP contribution in [-0.4, -0.2) is 19.6 Å². The largest absolute Gasteiger partial charge is 0.475 e. The second kappa shape index (κ2) is 8.16. The van der Waals surface area contributed by atoms with Gasteiger partial charge in [-0.3, -0.25) is 0 Å². The van der Waals surface area contributed by atoms with Crippen LogP contribution < -0.4 is 0 Å². The Morgan fingerprint density at radius 2 is 2.12 bits per heavy atom. The summed E-state index contributed by atoms with van der Waals surface area (Å²) in [5.74, 6) is 0.457. The SMILES string of the molecule is C=CCCOC(/C=C/c1ccccc1)=N\OC. The van der Waals surface area contributed by atoms with Crippen LogP contribution in [0.3, 0.4) is 0 Å². The zero-order valence-electron chi connectivity index (χ0n) is 10.0. The Hall–Kier alpha value is -2.03. The van der Waals surface area contributed by atoms with Gasteiger partial charge in [0.25, 0.3) is 0 Å². The van der Waals surface area contributed by atoms with E-state index in [1.165, 1.54) is 7.11 Å². The van der Waals surface area contributed by atoms with Crippen LogP contribution in [0.2, 0.25) is 0 Å². The lowest BCUT2D eigenvalue weighted by atomic mass is 10.2. The zero-order valence-corrected chi connectivity index (χ0v) is 10.0. The lowest BCUT2D eigenvalue weighted by Crippen LogP contribution is -2.03. The van der Waals surface area contributed by atoms with Crippen molar-refractivity contribution in [2.24, 2.45) is 5.16 Å². The minimum Gasteiger partial charge on any atom is -0.475 e. The van der Waals surface area contributed by atoms with E-state index < -0.39 is 0 Å². The minimum absolute atomic E-state index is 0.457. The fourth-order valence-electron chi connectivity index (χ4n) is 1.17. The second-order valence-electron chi connectivity index (χ2n) is 3.28. The average Bonchev–Trinajstić information content (AvgIpc) is 2.37. The van der Waals surface area contributed by atoms with Gasteiger partial charge < -0.3 is 9.57 Å². The lowest BCUT2D eigenvalue weighted by molar-refractivity contribution is 0.193. The first kappa shape index (κ1) is 13.0. The molecule has 3 nitrogen and oxygen atoms in total. The fourth-order valence-corrected chi connectivity index (χ4v) is 1.17. The van der Waals surface area contributed by atoms with Crippen LogP contribution >= 0.6 is 0 Å². The topological polar surface area (TPSA) is 30.8 Å². The van der Waals surface area contributed by atoms with Gasteiger partial charge in [0.1, 0.15) is 7.11 Å². The highest BCUT2D eigenvalue weighted by Crippen LogP contribution is 2.02. The van der Waals surface area contributed by atoms with Crippen LogP contribution in [0.15, 0.2) is 54.2 Å². The molecule has 1 aromatic carbocycles. The van der Waals surface area contributed by atoms with Gasteiger partial charge in [0.15, 0.2) is 0 Å². The normalized spacial score (nSPS) is 11.5. The summed E-state index contributed by atoms with van der Waals surface area (Å²) in [7, 11) is 1.49. The quantitative estimate of drug-likeness (QED) is 0.247. The molecular weight excluding hydrogens is 214 g/mol. The molecule has 1 rings (SSSR count). The molecule has 0 radical (unpaired) electrons. The molecule has 0 N–H and O–H groups in total. The molecule has 0 saturated heterocycles.